The van der Waals surface area contributed by atoms with Gasteiger partial charge in [-0.2, -0.15) is 0 Å². The number of aromatic amines is 2. The number of para-hydroxylation sites is 1. The third-order valence-electron chi connectivity index (χ3n) is 4.09. The Hall–Kier alpha value is -3.07. The molecule has 4 aromatic rings. The van der Waals surface area contributed by atoms with Gasteiger partial charge in [-0.3, -0.25) is 0 Å². The maximum absolute atomic E-state index is 11.5. The van der Waals surface area contributed by atoms with Crippen LogP contribution in [0.2, 0.25) is 0 Å². The molecule has 0 atom stereocenters. The van der Waals surface area contributed by atoms with Gasteiger partial charge < -0.3 is 9.97 Å². The van der Waals surface area contributed by atoms with Crippen LogP contribution >= 0.6 is 0 Å². The SMILES string of the molecule is O=c1[nH]c2cccc(Cc3ccc(-c4ccccc4)cc3)c2[nH]1. The molecule has 0 aliphatic rings. The third kappa shape index (κ3) is 2.69. The van der Waals surface area contributed by atoms with Crippen molar-refractivity contribution in [2.75, 3.05) is 0 Å². The Bertz CT molecular complexity index is 995. The van der Waals surface area contributed by atoms with Gasteiger partial charge in [-0.15, -0.1) is 0 Å². The average molecular weight is 300 g/mol. The number of imidazole rings is 1. The first-order chi connectivity index (χ1) is 11.3. The van der Waals surface area contributed by atoms with Crippen molar-refractivity contribution in [3.05, 3.63) is 94.4 Å². The molecule has 2 N–H and O–H groups in total. The van der Waals surface area contributed by atoms with Gasteiger partial charge in [0.25, 0.3) is 0 Å². The zero-order valence-electron chi connectivity index (χ0n) is 12.5. The molecule has 0 bridgehead atoms. The maximum atomic E-state index is 11.5. The van der Waals surface area contributed by atoms with E-state index in [2.05, 4.69) is 52.4 Å². The van der Waals surface area contributed by atoms with Crippen molar-refractivity contribution in [1.82, 2.24) is 9.97 Å². The predicted octanol–water partition coefficient (Wildman–Crippen LogP) is 4.11. The number of nitrogens with one attached hydrogen (secondary N) is 2. The van der Waals surface area contributed by atoms with Gasteiger partial charge in [0.1, 0.15) is 0 Å². The van der Waals surface area contributed by atoms with Gasteiger partial charge >= 0.3 is 5.69 Å². The van der Waals surface area contributed by atoms with E-state index in [1.807, 2.05) is 30.3 Å². The monoisotopic (exact) mass is 300 g/mol. The summed E-state index contributed by atoms with van der Waals surface area (Å²) in [5.41, 5.74) is 6.36. The predicted molar refractivity (Wildman–Crippen MR) is 93.6 cm³/mol. The highest BCUT2D eigenvalue weighted by Gasteiger charge is 2.05. The molecular weight excluding hydrogens is 284 g/mol. The number of benzene rings is 3. The van der Waals surface area contributed by atoms with Crippen molar-refractivity contribution in [1.29, 1.82) is 0 Å². The van der Waals surface area contributed by atoms with Crippen molar-refractivity contribution in [2.45, 2.75) is 6.42 Å². The zero-order chi connectivity index (χ0) is 15.6. The lowest BCUT2D eigenvalue weighted by molar-refractivity contribution is 1.18. The quantitative estimate of drug-likeness (QED) is 0.587. The smallest absolute Gasteiger partial charge is 0.306 e. The summed E-state index contributed by atoms with van der Waals surface area (Å²) in [5, 5.41) is 0. The van der Waals surface area contributed by atoms with Gasteiger partial charge in [0, 0.05) is 0 Å². The highest BCUT2D eigenvalue weighted by Crippen LogP contribution is 2.22. The molecule has 0 spiro atoms. The summed E-state index contributed by atoms with van der Waals surface area (Å²) in [6, 6.07) is 24.9. The molecule has 0 unspecified atom stereocenters. The van der Waals surface area contributed by atoms with Crippen molar-refractivity contribution in [2.24, 2.45) is 0 Å². The summed E-state index contributed by atoms with van der Waals surface area (Å²) >= 11 is 0. The lowest BCUT2D eigenvalue weighted by Gasteiger charge is -2.06. The van der Waals surface area contributed by atoms with Gasteiger partial charge in [0.2, 0.25) is 0 Å². The minimum Gasteiger partial charge on any atom is -0.306 e. The Kier molecular flexibility index (Phi) is 3.31. The molecule has 0 radical (unpaired) electrons. The molecule has 0 saturated heterocycles. The van der Waals surface area contributed by atoms with Crippen molar-refractivity contribution >= 4 is 11.0 Å². The van der Waals surface area contributed by atoms with Gasteiger partial charge in [0.05, 0.1) is 11.0 Å². The second-order valence-corrected chi connectivity index (χ2v) is 5.66. The molecule has 3 aromatic carbocycles. The molecule has 4 rings (SSSR count). The molecule has 1 aromatic heterocycles. The molecule has 3 nitrogen and oxygen atoms in total. The van der Waals surface area contributed by atoms with Crippen LogP contribution < -0.4 is 5.69 Å². The summed E-state index contributed by atoms with van der Waals surface area (Å²) in [4.78, 5) is 17.2. The number of aromatic nitrogens is 2. The van der Waals surface area contributed by atoms with E-state index in [-0.39, 0.29) is 5.69 Å². The van der Waals surface area contributed by atoms with Crippen LogP contribution in [0, 0.1) is 0 Å². The first kappa shape index (κ1) is 13.6. The van der Waals surface area contributed by atoms with E-state index in [1.54, 1.807) is 0 Å². The average Bonchev–Trinajstić information content (AvgIpc) is 2.98. The molecule has 3 heteroatoms. The summed E-state index contributed by atoms with van der Waals surface area (Å²) in [6.45, 7) is 0. The van der Waals surface area contributed by atoms with Crippen molar-refractivity contribution in [3.63, 3.8) is 0 Å². The second-order valence-electron chi connectivity index (χ2n) is 5.66. The fraction of sp³-hybridized carbons (Fsp3) is 0.0500. The van der Waals surface area contributed by atoms with Gasteiger partial charge in [-0.05, 0) is 34.7 Å². The van der Waals surface area contributed by atoms with E-state index >= 15 is 0 Å². The van der Waals surface area contributed by atoms with E-state index in [1.165, 1.54) is 16.7 Å². The molecule has 0 saturated carbocycles. The van der Waals surface area contributed by atoms with Crippen molar-refractivity contribution < 1.29 is 0 Å². The molecule has 0 fully saturated rings. The molecular formula is C20H16N2O. The summed E-state index contributed by atoms with van der Waals surface area (Å²) in [6.07, 6.45) is 0.792. The van der Waals surface area contributed by atoms with E-state index in [4.69, 9.17) is 0 Å². The van der Waals surface area contributed by atoms with Crippen molar-refractivity contribution in [3.8, 4) is 11.1 Å². The Morgan fingerprint density at radius 2 is 1.43 bits per heavy atom. The Labute approximate surface area is 133 Å². The zero-order valence-corrected chi connectivity index (χ0v) is 12.5. The Balaban J connectivity index is 1.65. The summed E-state index contributed by atoms with van der Waals surface area (Å²) < 4.78 is 0. The van der Waals surface area contributed by atoms with Crippen LogP contribution in [-0.4, -0.2) is 9.97 Å². The lowest BCUT2D eigenvalue weighted by atomic mass is 10.00. The van der Waals surface area contributed by atoms with Crippen LogP contribution in [0.3, 0.4) is 0 Å². The highest BCUT2D eigenvalue weighted by molar-refractivity contribution is 5.78. The van der Waals surface area contributed by atoms with Crippen LogP contribution in [0.15, 0.2) is 77.6 Å². The van der Waals surface area contributed by atoms with Crippen LogP contribution in [0.5, 0.6) is 0 Å². The molecule has 1 heterocycles. The number of rotatable bonds is 3. The molecule has 23 heavy (non-hydrogen) atoms. The number of hydrogen-bond acceptors (Lipinski definition) is 1. The molecule has 112 valence electrons. The molecule has 0 aliphatic heterocycles. The fourth-order valence-corrected chi connectivity index (χ4v) is 2.93. The van der Waals surface area contributed by atoms with Gasteiger partial charge in [0.15, 0.2) is 0 Å². The summed E-state index contributed by atoms with van der Waals surface area (Å²) in [5.74, 6) is 0. The minimum absolute atomic E-state index is 0.160. The number of fused-ring (bicyclic) bond motifs is 1. The van der Waals surface area contributed by atoms with E-state index in [9.17, 15) is 4.79 Å². The van der Waals surface area contributed by atoms with Gasteiger partial charge in [-0.1, -0.05) is 66.7 Å². The number of hydrogen-bond donors (Lipinski definition) is 2. The van der Waals surface area contributed by atoms with Crippen LogP contribution in [0.4, 0.5) is 0 Å². The largest absolute Gasteiger partial charge is 0.323 e. The fourth-order valence-electron chi connectivity index (χ4n) is 2.93. The first-order valence-corrected chi connectivity index (χ1v) is 7.64. The summed E-state index contributed by atoms with van der Waals surface area (Å²) in [7, 11) is 0. The minimum atomic E-state index is -0.160. The molecule has 0 aliphatic carbocycles. The van der Waals surface area contributed by atoms with Crippen LogP contribution in [0.1, 0.15) is 11.1 Å². The number of H-pyrrole nitrogens is 2. The van der Waals surface area contributed by atoms with E-state index in [0.29, 0.717) is 0 Å². The lowest BCUT2D eigenvalue weighted by Crippen LogP contribution is -1.99. The molecule has 0 amide bonds. The van der Waals surface area contributed by atoms with Crippen LogP contribution in [-0.2, 0) is 6.42 Å². The third-order valence-corrected chi connectivity index (χ3v) is 4.09. The maximum Gasteiger partial charge on any atom is 0.323 e. The van der Waals surface area contributed by atoms with E-state index < -0.39 is 0 Å². The van der Waals surface area contributed by atoms with Gasteiger partial charge in [-0.25, -0.2) is 4.79 Å². The standard InChI is InChI=1S/C20H16N2O/c23-20-21-18-8-4-7-17(19(18)22-20)13-14-9-11-16(12-10-14)15-5-2-1-3-6-15/h1-12H,13H2,(H2,21,22,23). The van der Waals surface area contributed by atoms with E-state index in [0.717, 1.165) is 23.0 Å². The second kappa shape index (κ2) is 5.61. The normalized spacial score (nSPS) is 11.0. The Morgan fingerprint density at radius 1 is 0.696 bits per heavy atom. The first-order valence-electron chi connectivity index (χ1n) is 7.64. The Morgan fingerprint density at radius 3 is 2.22 bits per heavy atom. The van der Waals surface area contributed by atoms with Crippen LogP contribution in [0.25, 0.3) is 22.2 Å². The highest BCUT2D eigenvalue weighted by atomic mass is 16.1. The topological polar surface area (TPSA) is 48.6 Å².